The molecule has 196 valence electrons. The Kier molecular flexibility index (Phi) is 5.06. The molecule has 1 aliphatic rings. The summed E-state index contributed by atoms with van der Waals surface area (Å²) in [5.74, 6) is 1.03. The SMILES string of the molecule is CC1(C)c2cc(-c3cccc(-c4ncco4)n3)ccc2-c2c1cc(-c1cccc(-c3ncco3)n1)c1ccccc21. The lowest BCUT2D eigenvalue weighted by Gasteiger charge is -2.23. The number of hydrogen-bond donors (Lipinski definition) is 0. The molecule has 1 aliphatic carbocycles. The molecule has 8 rings (SSSR count). The van der Waals surface area contributed by atoms with Crippen molar-refractivity contribution in [1.82, 2.24) is 19.9 Å². The molecule has 41 heavy (non-hydrogen) atoms. The molecule has 4 aromatic heterocycles. The summed E-state index contributed by atoms with van der Waals surface area (Å²) in [6, 6.07) is 29.5. The second kappa shape index (κ2) is 8.83. The smallest absolute Gasteiger partial charge is 0.245 e. The van der Waals surface area contributed by atoms with E-state index in [0.29, 0.717) is 23.2 Å². The van der Waals surface area contributed by atoms with Crippen molar-refractivity contribution in [1.29, 1.82) is 0 Å². The molecule has 4 heterocycles. The van der Waals surface area contributed by atoms with Gasteiger partial charge in [-0.3, -0.25) is 0 Å². The number of oxazole rings is 2. The van der Waals surface area contributed by atoms with Crippen LogP contribution in [0.15, 0.2) is 119 Å². The third-order valence-electron chi connectivity index (χ3n) is 8.05. The summed E-state index contributed by atoms with van der Waals surface area (Å²) in [4.78, 5) is 18.4. The number of pyridine rings is 2. The van der Waals surface area contributed by atoms with E-state index in [0.717, 1.165) is 27.9 Å². The number of benzene rings is 3. The Labute approximate surface area is 236 Å². The van der Waals surface area contributed by atoms with Gasteiger partial charge < -0.3 is 8.83 Å². The first-order valence-corrected chi connectivity index (χ1v) is 13.5. The van der Waals surface area contributed by atoms with Gasteiger partial charge >= 0.3 is 0 Å². The van der Waals surface area contributed by atoms with Crippen molar-refractivity contribution >= 4 is 10.8 Å². The van der Waals surface area contributed by atoms with Crippen LogP contribution in [0.5, 0.6) is 0 Å². The van der Waals surface area contributed by atoms with Crippen LogP contribution in [0.4, 0.5) is 0 Å². The van der Waals surface area contributed by atoms with Crippen LogP contribution in [0.25, 0.3) is 67.6 Å². The van der Waals surface area contributed by atoms with Crippen molar-refractivity contribution in [2.45, 2.75) is 19.3 Å². The van der Waals surface area contributed by atoms with Gasteiger partial charge in [0.1, 0.15) is 23.9 Å². The van der Waals surface area contributed by atoms with E-state index in [1.165, 1.54) is 27.6 Å². The average Bonchev–Trinajstić information content (AvgIpc) is 3.79. The van der Waals surface area contributed by atoms with E-state index in [9.17, 15) is 0 Å². The fourth-order valence-electron chi connectivity index (χ4n) is 6.07. The fourth-order valence-corrected chi connectivity index (χ4v) is 6.07. The van der Waals surface area contributed by atoms with Crippen molar-refractivity contribution in [2.24, 2.45) is 0 Å². The summed E-state index contributed by atoms with van der Waals surface area (Å²) >= 11 is 0. The number of nitrogens with zero attached hydrogens (tertiary/aromatic N) is 4. The normalized spacial score (nSPS) is 13.3. The van der Waals surface area contributed by atoms with E-state index >= 15 is 0 Å². The Hall–Kier alpha value is -5.36. The fraction of sp³-hybridized carbons (Fsp3) is 0.0857. The summed E-state index contributed by atoms with van der Waals surface area (Å²) in [5.41, 5.74) is 10.2. The zero-order valence-electron chi connectivity index (χ0n) is 22.5. The van der Waals surface area contributed by atoms with E-state index in [1.807, 2.05) is 30.3 Å². The van der Waals surface area contributed by atoms with Gasteiger partial charge in [-0.15, -0.1) is 0 Å². The highest BCUT2D eigenvalue weighted by Crippen LogP contribution is 2.53. The van der Waals surface area contributed by atoms with Gasteiger partial charge in [-0.2, -0.15) is 0 Å². The van der Waals surface area contributed by atoms with Crippen molar-refractivity contribution in [3.63, 3.8) is 0 Å². The Bertz CT molecular complexity index is 2080. The zero-order chi connectivity index (χ0) is 27.6. The molecule has 0 bridgehead atoms. The Morgan fingerprint density at radius 1 is 0.561 bits per heavy atom. The van der Waals surface area contributed by atoms with Crippen molar-refractivity contribution in [3.8, 4) is 56.8 Å². The van der Waals surface area contributed by atoms with Gasteiger partial charge in [0.15, 0.2) is 0 Å². The standard InChI is InChI=1S/C35H24N4O2/c1-35(2)26-19-21(28-9-5-11-30(38-28)33-36-15-17-40-33)13-14-24(26)32-23-8-4-3-7-22(23)25(20-27(32)35)29-10-6-12-31(39-29)34-37-16-18-41-34/h3-20H,1-2H3. The third kappa shape index (κ3) is 3.64. The van der Waals surface area contributed by atoms with Gasteiger partial charge in [-0.1, -0.05) is 62.4 Å². The van der Waals surface area contributed by atoms with E-state index in [2.05, 4.69) is 78.4 Å². The molecule has 0 unspecified atom stereocenters. The minimum absolute atomic E-state index is 0.236. The molecule has 0 radical (unpaired) electrons. The lowest BCUT2D eigenvalue weighted by Crippen LogP contribution is -2.15. The number of fused-ring (bicyclic) bond motifs is 5. The summed E-state index contributed by atoms with van der Waals surface area (Å²) in [6.07, 6.45) is 6.42. The van der Waals surface area contributed by atoms with Crippen LogP contribution in [0.1, 0.15) is 25.0 Å². The molecule has 0 N–H and O–H groups in total. The number of aromatic nitrogens is 4. The molecule has 0 atom stereocenters. The monoisotopic (exact) mass is 532 g/mol. The van der Waals surface area contributed by atoms with E-state index < -0.39 is 0 Å². The van der Waals surface area contributed by atoms with Gasteiger partial charge in [0, 0.05) is 16.5 Å². The third-order valence-corrected chi connectivity index (χ3v) is 8.05. The van der Waals surface area contributed by atoms with Crippen molar-refractivity contribution in [2.75, 3.05) is 0 Å². The van der Waals surface area contributed by atoms with Crippen LogP contribution in [-0.2, 0) is 5.41 Å². The zero-order valence-corrected chi connectivity index (χ0v) is 22.5. The van der Waals surface area contributed by atoms with Gasteiger partial charge in [0.25, 0.3) is 0 Å². The maximum absolute atomic E-state index is 5.54. The molecule has 3 aromatic carbocycles. The highest BCUT2D eigenvalue weighted by molar-refractivity contribution is 6.08. The molecule has 6 heteroatoms. The van der Waals surface area contributed by atoms with Crippen LogP contribution >= 0.6 is 0 Å². The topological polar surface area (TPSA) is 77.8 Å². The maximum Gasteiger partial charge on any atom is 0.245 e. The maximum atomic E-state index is 5.54. The predicted molar refractivity (Wildman–Crippen MR) is 159 cm³/mol. The summed E-state index contributed by atoms with van der Waals surface area (Å²) in [6.45, 7) is 4.60. The van der Waals surface area contributed by atoms with Crippen molar-refractivity contribution < 1.29 is 8.83 Å². The van der Waals surface area contributed by atoms with Crippen LogP contribution in [-0.4, -0.2) is 19.9 Å². The molecule has 0 amide bonds. The molecule has 7 aromatic rings. The van der Waals surface area contributed by atoms with Gasteiger partial charge in [0.05, 0.1) is 23.8 Å². The molecule has 0 fully saturated rings. The van der Waals surface area contributed by atoms with E-state index in [1.54, 1.807) is 24.9 Å². The van der Waals surface area contributed by atoms with E-state index in [-0.39, 0.29) is 5.41 Å². The second-order valence-corrected chi connectivity index (χ2v) is 10.8. The van der Waals surface area contributed by atoms with Gasteiger partial charge in [-0.05, 0) is 69.4 Å². The molecular weight excluding hydrogens is 508 g/mol. The number of rotatable bonds is 4. The second-order valence-electron chi connectivity index (χ2n) is 10.8. The first-order chi connectivity index (χ1) is 20.1. The quantitative estimate of drug-likeness (QED) is 0.226. The Morgan fingerprint density at radius 3 is 1.88 bits per heavy atom. The highest BCUT2D eigenvalue weighted by atomic mass is 16.3. The number of hydrogen-bond acceptors (Lipinski definition) is 6. The molecule has 0 spiro atoms. The van der Waals surface area contributed by atoms with Crippen LogP contribution in [0.3, 0.4) is 0 Å². The Balaban J connectivity index is 1.30. The lowest BCUT2D eigenvalue weighted by molar-refractivity contribution is 0.572. The lowest BCUT2D eigenvalue weighted by atomic mass is 9.80. The summed E-state index contributed by atoms with van der Waals surface area (Å²) in [5, 5.41) is 2.38. The Morgan fingerprint density at radius 2 is 1.20 bits per heavy atom. The van der Waals surface area contributed by atoms with E-state index in [4.69, 9.17) is 18.8 Å². The first kappa shape index (κ1) is 23.5. The molecule has 0 aliphatic heterocycles. The molecular formula is C35H24N4O2. The molecule has 0 saturated heterocycles. The average molecular weight is 533 g/mol. The van der Waals surface area contributed by atoms with Crippen LogP contribution < -0.4 is 0 Å². The largest absolute Gasteiger partial charge is 0.443 e. The van der Waals surface area contributed by atoms with Crippen LogP contribution in [0, 0.1) is 0 Å². The van der Waals surface area contributed by atoms with Crippen molar-refractivity contribution in [3.05, 3.63) is 121 Å². The van der Waals surface area contributed by atoms with Gasteiger partial charge in [0.2, 0.25) is 11.8 Å². The summed E-state index contributed by atoms with van der Waals surface area (Å²) in [7, 11) is 0. The van der Waals surface area contributed by atoms with Gasteiger partial charge in [-0.25, -0.2) is 19.9 Å². The molecule has 6 nitrogen and oxygen atoms in total. The predicted octanol–water partition coefficient (Wildman–Crippen LogP) is 8.58. The highest BCUT2D eigenvalue weighted by Gasteiger charge is 2.37. The minimum atomic E-state index is -0.236. The minimum Gasteiger partial charge on any atom is -0.443 e. The summed E-state index contributed by atoms with van der Waals surface area (Å²) < 4.78 is 11.0. The first-order valence-electron chi connectivity index (χ1n) is 13.5. The molecule has 0 saturated carbocycles. The van der Waals surface area contributed by atoms with Crippen LogP contribution in [0.2, 0.25) is 0 Å².